The third-order valence-corrected chi connectivity index (χ3v) is 3.96. The molecule has 0 saturated heterocycles. The van der Waals surface area contributed by atoms with E-state index >= 15 is 0 Å². The quantitative estimate of drug-likeness (QED) is 0.252. The Morgan fingerprint density at radius 2 is 1.59 bits per heavy atom. The van der Waals surface area contributed by atoms with E-state index in [1.165, 1.54) is 12.8 Å². The van der Waals surface area contributed by atoms with E-state index < -0.39 is 0 Å². The van der Waals surface area contributed by atoms with Gasteiger partial charge in [0.25, 0.3) is 0 Å². The third kappa shape index (κ3) is 14.6. The second-order valence-corrected chi connectivity index (χ2v) is 6.37. The zero-order valence-corrected chi connectivity index (χ0v) is 14.9. The summed E-state index contributed by atoms with van der Waals surface area (Å²) in [5.41, 5.74) is 11.2. The number of nitrogens with two attached hydrogens (primary N) is 2. The lowest BCUT2D eigenvalue weighted by Gasteiger charge is -2.11. The molecule has 0 aromatic heterocycles. The third-order valence-electron chi connectivity index (χ3n) is 3.31. The van der Waals surface area contributed by atoms with Crippen molar-refractivity contribution in [1.29, 1.82) is 0 Å². The first kappa shape index (κ1) is 21.7. The summed E-state index contributed by atoms with van der Waals surface area (Å²) in [5, 5.41) is 9.65. The van der Waals surface area contributed by atoms with Crippen molar-refractivity contribution in [1.82, 2.24) is 16.0 Å². The summed E-state index contributed by atoms with van der Waals surface area (Å²) in [6, 6.07) is -0.368. The van der Waals surface area contributed by atoms with Crippen molar-refractivity contribution in [3.8, 4) is 0 Å². The second-order valence-electron chi connectivity index (χ2n) is 5.38. The second kappa shape index (κ2) is 17.0. The van der Waals surface area contributed by atoms with Gasteiger partial charge in [-0.1, -0.05) is 0 Å². The fourth-order valence-corrected chi connectivity index (χ4v) is 2.40. The van der Waals surface area contributed by atoms with Crippen molar-refractivity contribution in [2.45, 2.75) is 38.1 Å². The minimum Gasteiger partial charge on any atom is -0.355 e. The molecule has 0 bridgehead atoms. The van der Waals surface area contributed by atoms with Crippen LogP contribution in [0.3, 0.4) is 0 Å². The van der Waals surface area contributed by atoms with Gasteiger partial charge in [0.05, 0.1) is 6.04 Å². The van der Waals surface area contributed by atoms with Crippen LogP contribution in [0.4, 0.5) is 0 Å². The molecule has 0 fully saturated rings. The molecule has 7 N–H and O–H groups in total. The number of carbonyl (C=O) groups excluding carboxylic acids is 1. The maximum absolute atomic E-state index is 11.7. The van der Waals surface area contributed by atoms with Gasteiger partial charge < -0.3 is 27.4 Å². The van der Waals surface area contributed by atoms with Gasteiger partial charge in [-0.15, -0.1) is 0 Å². The molecule has 0 saturated carbocycles. The largest absolute Gasteiger partial charge is 0.355 e. The topological polar surface area (TPSA) is 105 Å². The lowest BCUT2D eigenvalue weighted by Crippen LogP contribution is -2.41. The molecule has 0 aromatic rings. The zero-order chi connectivity index (χ0) is 16.5. The Hall–Kier alpha value is -0.340. The number of nitrogens with one attached hydrogen (secondary N) is 3. The van der Waals surface area contributed by atoms with Crippen molar-refractivity contribution < 1.29 is 4.79 Å². The molecule has 0 spiro atoms. The Balaban J connectivity index is 3.21. The van der Waals surface area contributed by atoms with Crippen LogP contribution in [-0.2, 0) is 4.79 Å². The van der Waals surface area contributed by atoms with Crippen LogP contribution in [0.15, 0.2) is 0 Å². The van der Waals surface area contributed by atoms with Gasteiger partial charge in [-0.25, -0.2) is 0 Å². The Kier molecular flexibility index (Phi) is 16.8. The van der Waals surface area contributed by atoms with Crippen molar-refractivity contribution in [3.05, 3.63) is 0 Å². The average molecular weight is 334 g/mol. The van der Waals surface area contributed by atoms with Crippen LogP contribution >= 0.6 is 11.8 Å². The highest BCUT2D eigenvalue weighted by molar-refractivity contribution is 7.98. The average Bonchev–Trinajstić information content (AvgIpc) is 2.53. The molecule has 0 aliphatic rings. The number of thioether (sulfide) groups is 1. The first-order chi connectivity index (χ1) is 10.7. The smallest absolute Gasteiger partial charge is 0.236 e. The predicted molar refractivity (Wildman–Crippen MR) is 97.2 cm³/mol. The summed E-state index contributed by atoms with van der Waals surface area (Å²) in [4.78, 5) is 11.7. The van der Waals surface area contributed by atoms with E-state index in [1.54, 1.807) is 11.8 Å². The van der Waals surface area contributed by atoms with E-state index in [1.807, 2.05) is 6.26 Å². The van der Waals surface area contributed by atoms with Gasteiger partial charge in [-0.2, -0.15) is 11.8 Å². The summed E-state index contributed by atoms with van der Waals surface area (Å²) in [7, 11) is 0. The standard InChI is InChI=1S/C15H35N5OS/c1-22-13-6-14(17)15(21)20-12-5-11-19-9-3-2-8-18-10-4-7-16/h14,18-19H,2-13,16-17H2,1H3,(H,20,21)/t14-/m0/s1. The first-order valence-corrected chi connectivity index (χ1v) is 9.75. The van der Waals surface area contributed by atoms with E-state index in [9.17, 15) is 4.79 Å². The molecule has 0 aliphatic heterocycles. The number of carbonyl (C=O) groups is 1. The summed E-state index contributed by atoms with van der Waals surface area (Å²) in [6.07, 6.45) is 7.10. The van der Waals surface area contributed by atoms with Crippen molar-refractivity contribution in [2.75, 3.05) is 51.3 Å². The molecule has 22 heavy (non-hydrogen) atoms. The van der Waals surface area contributed by atoms with E-state index in [4.69, 9.17) is 11.5 Å². The minimum absolute atomic E-state index is 0.0300. The zero-order valence-electron chi connectivity index (χ0n) is 14.0. The number of hydrogen-bond acceptors (Lipinski definition) is 6. The van der Waals surface area contributed by atoms with Crippen LogP contribution in [0.5, 0.6) is 0 Å². The molecule has 132 valence electrons. The van der Waals surface area contributed by atoms with E-state index in [-0.39, 0.29) is 11.9 Å². The normalized spacial score (nSPS) is 12.3. The highest BCUT2D eigenvalue weighted by Gasteiger charge is 2.11. The lowest BCUT2D eigenvalue weighted by molar-refractivity contribution is -0.122. The van der Waals surface area contributed by atoms with Crippen molar-refractivity contribution in [2.24, 2.45) is 11.5 Å². The van der Waals surface area contributed by atoms with Crippen molar-refractivity contribution in [3.63, 3.8) is 0 Å². The Morgan fingerprint density at radius 1 is 1.00 bits per heavy atom. The molecule has 0 aromatic carbocycles. The van der Waals surface area contributed by atoms with Gasteiger partial charge >= 0.3 is 0 Å². The van der Waals surface area contributed by atoms with E-state index in [2.05, 4.69) is 16.0 Å². The number of amides is 1. The highest BCUT2D eigenvalue weighted by atomic mass is 32.2. The predicted octanol–water partition coefficient (Wildman–Crippen LogP) is -0.119. The summed E-state index contributed by atoms with van der Waals surface area (Å²) >= 11 is 1.71. The van der Waals surface area contributed by atoms with Crippen LogP contribution in [0.25, 0.3) is 0 Å². The van der Waals surface area contributed by atoms with Gasteiger partial charge in [0, 0.05) is 6.54 Å². The molecule has 0 heterocycles. The first-order valence-electron chi connectivity index (χ1n) is 8.36. The number of rotatable bonds is 16. The maximum atomic E-state index is 11.7. The van der Waals surface area contributed by atoms with Gasteiger partial charge in [-0.05, 0) is 76.8 Å². The van der Waals surface area contributed by atoms with Gasteiger partial charge in [0.1, 0.15) is 0 Å². The fourth-order valence-electron chi connectivity index (χ4n) is 1.91. The van der Waals surface area contributed by atoms with Gasteiger partial charge in [0.2, 0.25) is 5.91 Å². The molecule has 0 unspecified atom stereocenters. The Morgan fingerprint density at radius 3 is 2.18 bits per heavy atom. The summed E-state index contributed by atoms with van der Waals surface area (Å²) in [5.74, 6) is 0.898. The summed E-state index contributed by atoms with van der Waals surface area (Å²) < 4.78 is 0. The molecule has 1 atom stereocenters. The molecule has 6 nitrogen and oxygen atoms in total. The molecule has 0 radical (unpaired) electrons. The molecular formula is C15H35N5OS. The van der Waals surface area contributed by atoms with E-state index in [0.29, 0.717) is 6.54 Å². The Labute approximate surface area is 139 Å². The van der Waals surface area contributed by atoms with Crippen LogP contribution in [0, 0.1) is 0 Å². The number of hydrogen-bond donors (Lipinski definition) is 5. The van der Waals surface area contributed by atoms with Crippen LogP contribution in [0.1, 0.15) is 32.1 Å². The van der Waals surface area contributed by atoms with E-state index in [0.717, 1.165) is 57.7 Å². The minimum atomic E-state index is -0.368. The van der Waals surface area contributed by atoms with Crippen LogP contribution in [0.2, 0.25) is 0 Å². The molecule has 7 heteroatoms. The monoisotopic (exact) mass is 333 g/mol. The van der Waals surface area contributed by atoms with Crippen LogP contribution in [-0.4, -0.2) is 63.2 Å². The summed E-state index contributed by atoms with van der Waals surface area (Å²) in [6.45, 7) is 5.49. The lowest BCUT2D eigenvalue weighted by atomic mass is 10.2. The molecular weight excluding hydrogens is 298 g/mol. The van der Waals surface area contributed by atoms with Crippen molar-refractivity contribution >= 4 is 17.7 Å². The van der Waals surface area contributed by atoms with Gasteiger partial charge in [-0.3, -0.25) is 4.79 Å². The van der Waals surface area contributed by atoms with Crippen LogP contribution < -0.4 is 27.4 Å². The number of unbranched alkanes of at least 4 members (excludes halogenated alkanes) is 1. The molecule has 0 rings (SSSR count). The highest BCUT2D eigenvalue weighted by Crippen LogP contribution is 1.98. The molecule has 0 aliphatic carbocycles. The molecule has 1 amide bonds. The van der Waals surface area contributed by atoms with Gasteiger partial charge in [0.15, 0.2) is 0 Å². The SMILES string of the molecule is CSCC[C@H](N)C(=O)NCCCNCCCCNCCCN. The Bertz CT molecular complexity index is 256. The maximum Gasteiger partial charge on any atom is 0.236 e. The fraction of sp³-hybridized carbons (Fsp3) is 0.933.